The molecule has 0 aromatic heterocycles. The van der Waals surface area contributed by atoms with Gasteiger partial charge < -0.3 is 11.1 Å². The van der Waals surface area contributed by atoms with E-state index in [0.717, 1.165) is 23.4 Å². The third kappa shape index (κ3) is 5.21. The van der Waals surface area contributed by atoms with Crippen molar-refractivity contribution in [3.63, 3.8) is 0 Å². The van der Waals surface area contributed by atoms with E-state index in [4.69, 9.17) is 17.3 Å². The van der Waals surface area contributed by atoms with E-state index in [2.05, 4.69) is 5.32 Å². The van der Waals surface area contributed by atoms with E-state index < -0.39 is 6.04 Å². The number of carbonyl (C=O) groups is 1. The Balaban J connectivity index is 2.48. The largest absolute Gasteiger partial charge is 0.352 e. The molecule has 0 aliphatic heterocycles. The van der Waals surface area contributed by atoms with Gasteiger partial charge in [0.1, 0.15) is 0 Å². The number of rotatable bonds is 6. The van der Waals surface area contributed by atoms with Crippen LogP contribution in [0.5, 0.6) is 0 Å². The summed E-state index contributed by atoms with van der Waals surface area (Å²) >= 11 is 5.84. The smallest absolute Gasteiger partial charge is 0.237 e. The zero-order valence-electron chi connectivity index (χ0n) is 11.8. The van der Waals surface area contributed by atoms with Crippen molar-refractivity contribution in [1.29, 1.82) is 0 Å². The second kappa shape index (κ2) is 7.51. The minimum Gasteiger partial charge on any atom is -0.352 e. The van der Waals surface area contributed by atoms with Crippen LogP contribution in [-0.2, 0) is 11.2 Å². The number of halogens is 1. The van der Waals surface area contributed by atoms with Crippen LogP contribution in [0.25, 0.3) is 0 Å². The quantitative estimate of drug-likeness (QED) is 0.843. The fourth-order valence-corrected chi connectivity index (χ4v) is 2.00. The first kappa shape index (κ1) is 16.0. The highest BCUT2D eigenvalue weighted by Crippen LogP contribution is 2.11. The third-order valence-electron chi connectivity index (χ3n) is 3.40. The van der Waals surface area contributed by atoms with Gasteiger partial charge in [-0.05, 0) is 37.0 Å². The predicted octanol–water partition coefficient (Wildman–Crippen LogP) is 2.76. The van der Waals surface area contributed by atoms with Gasteiger partial charge in [-0.2, -0.15) is 0 Å². The SMILES string of the molecule is CCC(C)C(N)C(=O)NC(C)Cc1ccc(Cl)cc1. The summed E-state index contributed by atoms with van der Waals surface area (Å²) in [5, 5.41) is 3.68. The molecule has 4 heteroatoms. The van der Waals surface area contributed by atoms with E-state index in [-0.39, 0.29) is 17.9 Å². The van der Waals surface area contributed by atoms with Crippen molar-refractivity contribution in [2.45, 2.75) is 45.7 Å². The Morgan fingerprint density at radius 2 is 1.89 bits per heavy atom. The number of nitrogens with two attached hydrogens (primary N) is 1. The lowest BCUT2D eigenvalue weighted by molar-refractivity contribution is -0.124. The first-order valence-corrected chi connectivity index (χ1v) is 7.12. The molecule has 1 aromatic rings. The fourth-order valence-electron chi connectivity index (χ4n) is 1.88. The highest BCUT2D eigenvalue weighted by molar-refractivity contribution is 6.30. The van der Waals surface area contributed by atoms with Crippen LogP contribution in [0.4, 0.5) is 0 Å². The number of nitrogens with one attached hydrogen (secondary N) is 1. The Kier molecular flexibility index (Phi) is 6.32. The average Bonchev–Trinajstić information content (AvgIpc) is 2.39. The standard InChI is InChI=1S/C15H23ClN2O/c1-4-10(2)14(17)15(19)18-11(3)9-12-5-7-13(16)8-6-12/h5-8,10-11,14H,4,9,17H2,1-3H3,(H,18,19). The molecule has 0 aliphatic carbocycles. The Morgan fingerprint density at radius 3 is 2.42 bits per heavy atom. The van der Waals surface area contributed by atoms with E-state index >= 15 is 0 Å². The molecule has 19 heavy (non-hydrogen) atoms. The summed E-state index contributed by atoms with van der Waals surface area (Å²) in [7, 11) is 0. The number of carbonyl (C=O) groups excluding carboxylic acids is 1. The lowest BCUT2D eigenvalue weighted by Gasteiger charge is -2.21. The summed E-state index contributed by atoms with van der Waals surface area (Å²) < 4.78 is 0. The molecule has 0 aliphatic rings. The van der Waals surface area contributed by atoms with Gasteiger partial charge in [0.2, 0.25) is 5.91 Å². The summed E-state index contributed by atoms with van der Waals surface area (Å²) in [4.78, 5) is 11.9. The van der Waals surface area contributed by atoms with Crippen LogP contribution in [0, 0.1) is 5.92 Å². The molecule has 0 radical (unpaired) electrons. The monoisotopic (exact) mass is 282 g/mol. The van der Waals surface area contributed by atoms with Gasteiger partial charge in [0.05, 0.1) is 6.04 Å². The number of hydrogen-bond donors (Lipinski definition) is 2. The second-order valence-corrected chi connectivity index (χ2v) is 5.59. The van der Waals surface area contributed by atoms with Crippen molar-refractivity contribution in [2.24, 2.45) is 11.7 Å². The van der Waals surface area contributed by atoms with E-state index in [1.807, 2.05) is 45.0 Å². The molecular formula is C15H23ClN2O. The van der Waals surface area contributed by atoms with Crippen LogP contribution in [0.15, 0.2) is 24.3 Å². The summed E-state index contributed by atoms with van der Waals surface area (Å²) in [6, 6.07) is 7.28. The van der Waals surface area contributed by atoms with Gasteiger partial charge in [-0.1, -0.05) is 44.0 Å². The third-order valence-corrected chi connectivity index (χ3v) is 3.66. The van der Waals surface area contributed by atoms with Crippen LogP contribution < -0.4 is 11.1 Å². The summed E-state index contributed by atoms with van der Waals surface area (Å²) in [6.45, 7) is 6.01. The highest BCUT2D eigenvalue weighted by atomic mass is 35.5. The van der Waals surface area contributed by atoms with Gasteiger partial charge in [-0.15, -0.1) is 0 Å². The van der Waals surface area contributed by atoms with Crippen LogP contribution in [0.2, 0.25) is 5.02 Å². The molecule has 106 valence electrons. The van der Waals surface area contributed by atoms with E-state index in [9.17, 15) is 4.79 Å². The molecule has 0 spiro atoms. The second-order valence-electron chi connectivity index (χ2n) is 5.15. The summed E-state index contributed by atoms with van der Waals surface area (Å²) in [5.74, 6) is 0.124. The minimum absolute atomic E-state index is 0.0591. The van der Waals surface area contributed by atoms with Gasteiger partial charge in [-0.3, -0.25) is 4.79 Å². The first-order valence-electron chi connectivity index (χ1n) is 6.74. The maximum atomic E-state index is 11.9. The lowest BCUT2D eigenvalue weighted by Crippen LogP contribution is -2.48. The van der Waals surface area contributed by atoms with Crippen LogP contribution >= 0.6 is 11.6 Å². The van der Waals surface area contributed by atoms with E-state index in [0.29, 0.717) is 0 Å². The van der Waals surface area contributed by atoms with Crippen molar-refractivity contribution in [2.75, 3.05) is 0 Å². The van der Waals surface area contributed by atoms with Crippen LogP contribution in [-0.4, -0.2) is 18.0 Å². The molecule has 3 atom stereocenters. The molecule has 0 bridgehead atoms. The van der Waals surface area contributed by atoms with E-state index in [1.165, 1.54) is 0 Å². The van der Waals surface area contributed by atoms with E-state index in [1.54, 1.807) is 0 Å². The van der Waals surface area contributed by atoms with Crippen LogP contribution in [0.3, 0.4) is 0 Å². The number of amides is 1. The Morgan fingerprint density at radius 1 is 1.32 bits per heavy atom. The molecule has 3 unspecified atom stereocenters. The Labute approximate surface area is 120 Å². The average molecular weight is 283 g/mol. The molecule has 0 heterocycles. The summed E-state index contributed by atoms with van der Waals surface area (Å²) in [6.07, 6.45) is 1.68. The van der Waals surface area contributed by atoms with Crippen molar-refractivity contribution >= 4 is 17.5 Å². The van der Waals surface area contributed by atoms with Gasteiger partial charge in [-0.25, -0.2) is 0 Å². The zero-order valence-corrected chi connectivity index (χ0v) is 12.6. The summed E-state index contributed by atoms with van der Waals surface area (Å²) in [5.41, 5.74) is 7.05. The topological polar surface area (TPSA) is 55.1 Å². The molecule has 3 N–H and O–H groups in total. The molecular weight excluding hydrogens is 260 g/mol. The molecule has 3 nitrogen and oxygen atoms in total. The first-order chi connectivity index (χ1) is 8.93. The molecule has 1 rings (SSSR count). The highest BCUT2D eigenvalue weighted by Gasteiger charge is 2.20. The number of benzene rings is 1. The zero-order chi connectivity index (χ0) is 14.4. The van der Waals surface area contributed by atoms with Gasteiger partial charge >= 0.3 is 0 Å². The Bertz CT molecular complexity index is 405. The maximum absolute atomic E-state index is 11.9. The minimum atomic E-state index is -0.433. The lowest BCUT2D eigenvalue weighted by atomic mass is 9.98. The fraction of sp³-hybridized carbons (Fsp3) is 0.533. The molecule has 0 saturated heterocycles. The molecule has 0 saturated carbocycles. The Hall–Kier alpha value is -1.06. The van der Waals surface area contributed by atoms with Gasteiger partial charge in [0.15, 0.2) is 0 Å². The van der Waals surface area contributed by atoms with Gasteiger partial charge in [0.25, 0.3) is 0 Å². The van der Waals surface area contributed by atoms with Gasteiger partial charge in [0, 0.05) is 11.1 Å². The normalized spacial score (nSPS) is 15.6. The number of hydrogen-bond acceptors (Lipinski definition) is 2. The van der Waals surface area contributed by atoms with Crippen molar-refractivity contribution < 1.29 is 4.79 Å². The predicted molar refractivity (Wildman–Crippen MR) is 80.2 cm³/mol. The molecule has 1 amide bonds. The van der Waals surface area contributed by atoms with Crippen molar-refractivity contribution in [1.82, 2.24) is 5.32 Å². The van der Waals surface area contributed by atoms with Crippen LogP contribution in [0.1, 0.15) is 32.8 Å². The van der Waals surface area contributed by atoms with Crippen molar-refractivity contribution in [3.8, 4) is 0 Å². The molecule has 0 fully saturated rings. The maximum Gasteiger partial charge on any atom is 0.237 e. The molecule has 1 aromatic carbocycles. The van der Waals surface area contributed by atoms with Crippen molar-refractivity contribution in [3.05, 3.63) is 34.9 Å².